The fraction of sp³-hybridized carbons (Fsp3) is 0.438. The Morgan fingerprint density at radius 3 is 2.92 bits per heavy atom. The Bertz CT molecular complexity index is 641. The Kier molecular flexibility index (Phi) is 5.27. The second kappa shape index (κ2) is 7.78. The molecule has 1 fully saturated rings. The zero-order valence-corrected chi connectivity index (χ0v) is 13.8. The lowest BCUT2D eigenvalue weighted by atomic mass is 10.2. The number of urea groups is 1. The highest BCUT2D eigenvalue weighted by atomic mass is 16.2. The molecule has 8 heteroatoms. The van der Waals surface area contributed by atoms with Crippen LogP contribution in [0.2, 0.25) is 0 Å². The van der Waals surface area contributed by atoms with E-state index < -0.39 is 0 Å². The topological polar surface area (TPSA) is 89.2 Å². The third-order valence-corrected chi connectivity index (χ3v) is 4.06. The summed E-state index contributed by atoms with van der Waals surface area (Å²) in [4.78, 5) is 21.0. The van der Waals surface area contributed by atoms with Crippen molar-refractivity contribution in [1.29, 1.82) is 0 Å². The molecule has 0 aromatic carbocycles. The van der Waals surface area contributed by atoms with Crippen molar-refractivity contribution in [3.63, 3.8) is 0 Å². The van der Waals surface area contributed by atoms with Crippen molar-refractivity contribution in [2.45, 2.75) is 13.0 Å². The molecular weight excluding hydrogens is 306 g/mol. The maximum atomic E-state index is 11.8. The summed E-state index contributed by atoms with van der Waals surface area (Å²) in [7, 11) is 2.15. The molecule has 1 aliphatic heterocycles. The molecule has 0 aliphatic carbocycles. The highest BCUT2D eigenvalue weighted by Crippen LogP contribution is 2.14. The van der Waals surface area contributed by atoms with Crippen LogP contribution in [0.5, 0.6) is 0 Å². The zero-order valence-electron chi connectivity index (χ0n) is 13.8. The highest BCUT2D eigenvalue weighted by molar-refractivity contribution is 5.88. The number of aromatic nitrogens is 3. The van der Waals surface area contributed by atoms with Crippen LogP contribution in [-0.4, -0.2) is 59.3 Å². The minimum Gasteiger partial charge on any atom is -0.355 e. The maximum absolute atomic E-state index is 11.8. The smallest absolute Gasteiger partial charge is 0.319 e. The Balaban J connectivity index is 1.50. The number of aromatic amines is 1. The van der Waals surface area contributed by atoms with Gasteiger partial charge in [0.05, 0.1) is 11.9 Å². The van der Waals surface area contributed by atoms with Crippen LogP contribution in [-0.2, 0) is 6.54 Å². The molecule has 2 aromatic heterocycles. The number of hydrogen-bond acceptors (Lipinski definition) is 5. The largest absolute Gasteiger partial charge is 0.355 e. The fourth-order valence-corrected chi connectivity index (χ4v) is 2.66. The SMILES string of the molecule is CN1CCCN(c2ccc(CNC(=O)Nc3cn[nH]c3)cn2)CC1. The van der Waals surface area contributed by atoms with E-state index in [0.717, 1.165) is 44.0 Å². The number of pyridine rings is 1. The molecule has 8 nitrogen and oxygen atoms in total. The van der Waals surface area contributed by atoms with Gasteiger partial charge in [-0.3, -0.25) is 5.10 Å². The van der Waals surface area contributed by atoms with Crippen LogP contribution >= 0.6 is 0 Å². The molecule has 2 aromatic rings. The third kappa shape index (κ3) is 4.45. The van der Waals surface area contributed by atoms with Gasteiger partial charge in [0.25, 0.3) is 0 Å². The molecule has 0 saturated carbocycles. The molecule has 3 N–H and O–H groups in total. The summed E-state index contributed by atoms with van der Waals surface area (Å²) >= 11 is 0. The van der Waals surface area contributed by atoms with Gasteiger partial charge < -0.3 is 20.4 Å². The van der Waals surface area contributed by atoms with E-state index in [-0.39, 0.29) is 6.03 Å². The Morgan fingerprint density at radius 2 is 2.17 bits per heavy atom. The van der Waals surface area contributed by atoms with E-state index in [1.165, 1.54) is 0 Å². The first-order chi connectivity index (χ1) is 11.7. The average Bonchev–Trinajstić information content (AvgIpc) is 3.00. The van der Waals surface area contributed by atoms with Crippen molar-refractivity contribution in [1.82, 2.24) is 25.4 Å². The van der Waals surface area contributed by atoms with Crippen molar-refractivity contribution in [2.24, 2.45) is 0 Å². The molecule has 24 heavy (non-hydrogen) atoms. The summed E-state index contributed by atoms with van der Waals surface area (Å²) in [5.41, 5.74) is 1.60. The molecule has 3 rings (SSSR count). The molecule has 0 spiro atoms. The van der Waals surface area contributed by atoms with Crippen LogP contribution in [0.1, 0.15) is 12.0 Å². The quantitative estimate of drug-likeness (QED) is 0.786. The van der Waals surface area contributed by atoms with Crippen LogP contribution in [0, 0.1) is 0 Å². The number of H-pyrrole nitrogens is 1. The van der Waals surface area contributed by atoms with E-state index >= 15 is 0 Å². The molecule has 0 unspecified atom stereocenters. The normalized spacial score (nSPS) is 15.8. The summed E-state index contributed by atoms with van der Waals surface area (Å²) in [5.74, 6) is 0.997. The van der Waals surface area contributed by atoms with E-state index in [1.807, 2.05) is 18.3 Å². The van der Waals surface area contributed by atoms with Gasteiger partial charge >= 0.3 is 6.03 Å². The number of anilines is 2. The van der Waals surface area contributed by atoms with E-state index in [1.54, 1.807) is 12.4 Å². The first-order valence-corrected chi connectivity index (χ1v) is 8.13. The van der Waals surface area contributed by atoms with Gasteiger partial charge in [-0.05, 0) is 31.6 Å². The molecule has 0 bridgehead atoms. The lowest BCUT2D eigenvalue weighted by molar-refractivity contribution is 0.251. The van der Waals surface area contributed by atoms with Gasteiger partial charge in [0.1, 0.15) is 5.82 Å². The van der Waals surface area contributed by atoms with Crippen molar-refractivity contribution in [3.8, 4) is 0 Å². The Hall–Kier alpha value is -2.61. The molecule has 2 amide bonds. The van der Waals surface area contributed by atoms with Crippen molar-refractivity contribution >= 4 is 17.5 Å². The molecule has 0 atom stereocenters. The second-order valence-corrected chi connectivity index (χ2v) is 5.96. The molecule has 0 radical (unpaired) electrons. The number of carbonyl (C=O) groups excluding carboxylic acids is 1. The predicted molar refractivity (Wildman–Crippen MR) is 93.0 cm³/mol. The monoisotopic (exact) mass is 329 g/mol. The average molecular weight is 329 g/mol. The third-order valence-electron chi connectivity index (χ3n) is 4.06. The molecular formula is C16H23N7O. The number of carbonyl (C=O) groups is 1. The van der Waals surface area contributed by atoms with Crippen molar-refractivity contribution in [3.05, 3.63) is 36.3 Å². The van der Waals surface area contributed by atoms with Gasteiger partial charge in [0.15, 0.2) is 0 Å². The number of rotatable bonds is 4. The molecule has 128 valence electrons. The van der Waals surface area contributed by atoms with Gasteiger partial charge in [-0.25, -0.2) is 9.78 Å². The van der Waals surface area contributed by atoms with E-state index in [9.17, 15) is 4.79 Å². The predicted octanol–water partition coefficient (Wildman–Crippen LogP) is 1.27. The standard InChI is InChI=1S/C16H23N7O/c1-22-5-2-6-23(8-7-22)15-4-3-13(9-17-15)10-18-16(24)21-14-11-19-20-12-14/h3-4,9,11-12H,2,5-8,10H2,1H3,(H,19,20)(H2,18,21,24). The first-order valence-electron chi connectivity index (χ1n) is 8.13. The fourth-order valence-electron chi connectivity index (χ4n) is 2.66. The van der Waals surface area contributed by atoms with E-state index in [4.69, 9.17) is 0 Å². The summed E-state index contributed by atoms with van der Waals surface area (Å²) in [6.07, 6.45) is 6.14. The number of nitrogens with one attached hydrogen (secondary N) is 3. The van der Waals surface area contributed by atoms with E-state index in [2.05, 4.69) is 42.7 Å². The van der Waals surface area contributed by atoms with Crippen molar-refractivity contribution < 1.29 is 4.79 Å². The number of hydrogen-bond donors (Lipinski definition) is 3. The van der Waals surface area contributed by atoms with Crippen molar-refractivity contribution in [2.75, 3.05) is 43.4 Å². The summed E-state index contributed by atoms with van der Waals surface area (Å²) in [5, 5.41) is 11.9. The summed E-state index contributed by atoms with van der Waals surface area (Å²) in [6.45, 7) is 4.64. The maximum Gasteiger partial charge on any atom is 0.319 e. The van der Waals surface area contributed by atoms with Crippen LogP contribution in [0.15, 0.2) is 30.7 Å². The zero-order chi connectivity index (χ0) is 16.8. The van der Waals surface area contributed by atoms with Gasteiger partial charge in [0, 0.05) is 38.6 Å². The number of likely N-dealkylation sites (N-methyl/N-ethyl adjacent to an activating group) is 1. The molecule has 1 aliphatic rings. The van der Waals surface area contributed by atoms with Crippen LogP contribution in [0.3, 0.4) is 0 Å². The summed E-state index contributed by atoms with van der Waals surface area (Å²) < 4.78 is 0. The lowest BCUT2D eigenvalue weighted by Crippen LogP contribution is -2.29. The Labute approximate surface area is 141 Å². The van der Waals surface area contributed by atoms with Gasteiger partial charge in [-0.1, -0.05) is 6.07 Å². The minimum absolute atomic E-state index is 0.268. The Morgan fingerprint density at radius 1 is 1.25 bits per heavy atom. The van der Waals surface area contributed by atoms with Crippen LogP contribution in [0.4, 0.5) is 16.3 Å². The molecule has 3 heterocycles. The number of amides is 2. The summed E-state index contributed by atoms with van der Waals surface area (Å²) in [6, 6.07) is 3.77. The first kappa shape index (κ1) is 16.3. The second-order valence-electron chi connectivity index (χ2n) is 5.96. The number of nitrogens with zero attached hydrogens (tertiary/aromatic N) is 4. The van der Waals surface area contributed by atoms with Gasteiger partial charge in [0.2, 0.25) is 0 Å². The van der Waals surface area contributed by atoms with Crippen LogP contribution in [0.25, 0.3) is 0 Å². The highest BCUT2D eigenvalue weighted by Gasteiger charge is 2.13. The van der Waals surface area contributed by atoms with Gasteiger partial charge in [-0.15, -0.1) is 0 Å². The lowest BCUT2D eigenvalue weighted by Gasteiger charge is -2.21. The van der Waals surface area contributed by atoms with Gasteiger partial charge in [-0.2, -0.15) is 5.10 Å². The molecule has 1 saturated heterocycles. The van der Waals surface area contributed by atoms with E-state index in [0.29, 0.717) is 12.2 Å². The van der Waals surface area contributed by atoms with Crippen LogP contribution < -0.4 is 15.5 Å². The minimum atomic E-state index is -0.268.